The number of carbonyl (C=O) groups excluding carboxylic acids is 1. The van der Waals surface area contributed by atoms with Crippen LogP contribution in [0.25, 0.3) is 0 Å². The lowest BCUT2D eigenvalue weighted by Crippen LogP contribution is -1.91. The third-order valence-electron chi connectivity index (χ3n) is 1.76. The fraction of sp³-hybridized carbons (Fsp3) is 0. The summed E-state index contributed by atoms with van der Waals surface area (Å²) < 4.78 is 27.4. The zero-order chi connectivity index (χ0) is 11.5. The van der Waals surface area contributed by atoms with Gasteiger partial charge in [0.15, 0.2) is 4.34 Å². The summed E-state index contributed by atoms with van der Waals surface area (Å²) in [5.41, 5.74) is -0.0153. The molecule has 0 aliphatic rings. The Morgan fingerprint density at radius 1 is 1.31 bits per heavy atom. The molecule has 0 N–H and O–H groups in total. The molecule has 0 radical (unpaired) electrons. The summed E-state index contributed by atoms with van der Waals surface area (Å²) >= 11 is 2.20. The molecule has 0 saturated heterocycles. The SMILES string of the molecule is O=Cc1cc(F)c(Sc2nccs2)c(F)c1. The van der Waals surface area contributed by atoms with Gasteiger partial charge in [0, 0.05) is 17.1 Å². The first-order chi connectivity index (χ1) is 7.70. The number of halogens is 2. The van der Waals surface area contributed by atoms with E-state index in [1.165, 1.54) is 11.3 Å². The monoisotopic (exact) mass is 257 g/mol. The number of rotatable bonds is 3. The first kappa shape index (κ1) is 11.2. The van der Waals surface area contributed by atoms with Gasteiger partial charge in [-0.25, -0.2) is 13.8 Å². The first-order valence-electron chi connectivity index (χ1n) is 4.22. The minimum absolute atomic E-state index is 0.0153. The highest BCUT2D eigenvalue weighted by Crippen LogP contribution is 2.33. The predicted molar refractivity (Wildman–Crippen MR) is 58.0 cm³/mol. The van der Waals surface area contributed by atoms with Crippen molar-refractivity contribution in [2.24, 2.45) is 0 Å². The van der Waals surface area contributed by atoms with Crippen molar-refractivity contribution >= 4 is 29.4 Å². The van der Waals surface area contributed by atoms with E-state index in [1.54, 1.807) is 11.6 Å². The van der Waals surface area contributed by atoms with Crippen LogP contribution in [0, 0.1) is 11.6 Å². The lowest BCUT2D eigenvalue weighted by molar-refractivity contribution is 0.112. The molecule has 1 aromatic heterocycles. The van der Waals surface area contributed by atoms with Gasteiger partial charge in [-0.1, -0.05) is 11.8 Å². The van der Waals surface area contributed by atoms with Crippen molar-refractivity contribution in [3.63, 3.8) is 0 Å². The van der Waals surface area contributed by atoms with Crippen LogP contribution in [0.2, 0.25) is 0 Å². The smallest absolute Gasteiger partial charge is 0.154 e. The quantitative estimate of drug-likeness (QED) is 0.789. The fourth-order valence-corrected chi connectivity index (χ4v) is 2.66. The number of carbonyl (C=O) groups is 1. The highest BCUT2D eigenvalue weighted by atomic mass is 32.2. The Bertz CT molecular complexity index is 491. The molecule has 82 valence electrons. The molecule has 1 aromatic carbocycles. The van der Waals surface area contributed by atoms with Crippen LogP contribution in [0.5, 0.6) is 0 Å². The standard InChI is InChI=1S/C10H5F2NOS2/c11-7-3-6(5-14)4-8(12)9(7)16-10-13-1-2-15-10/h1-5H. The minimum Gasteiger partial charge on any atom is -0.298 e. The van der Waals surface area contributed by atoms with Crippen LogP contribution in [0.3, 0.4) is 0 Å². The predicted octanol–water partition coefficient (Wildman–Crippen LogP) is 3.39. The van der Waals surface area contributed by atoms with Gasteiger partial charge in [-0.05, 0) is 12.1 Å². The summed E-state index contributed by atoms with van der Waals surface area (Å²) in [6, 6.07) is 2.01. The first-order valence-corrected chi connectivity index (χ1v) is 5.92. The Hall–Kier alpha value is -1.27. The number of benzene rings is 1. The molecule has 0 aliphatic heterocycles. The summed E-state index contributed by atoms with van der Waals surface area (Å²) in [5.74, 6) is -1.50. The van der Waals surface area contributed by atoms with Crippen LogP contribution in [0.4, 0.5) is 8.78 Å². The van der Waals surface area contributed by atoms with E-state index in [2.05, 4.69) is 4.98 Å². The maximum Gasteiger partial charge on any atom is 0.154 e. The molecule has 2 rings (SSSR count). The van der Waals surface area contributed by atoms with E-state index in [0.29, 0.717) is 10.6 Å². The Balaban J connectivity index is 2.37. The van der Waals surface area contributed by atoms with Crippen molar-refractivity contribution in [2.45, 2.75) is 9.24 Å². The van der Waals surface area contributed by atoms with Crippen molar-refractivity contribution in [1.82, 2.24) is 4.98 Å². The number of aldehydes is 1. The zero-order valence-electron chi connectivity index (χ0n) is 7.81. The number of hydrogen-bond acceptors (Lipinski definition) is 4. The third-order valence-corrected chi connectivity index (χ3v) is 3.73. The molecule has 0 atom stereocenters. The van der Waals surface area contributed by atoms with Gasteiger partial charge in [0.2, 0.25) is 0 Å². The maximum atomic E-state index is 13.4. The second kappa shape index (κ2) is 4.71. The van der Waals surface area contributed by atoms with E-state index in [-0.39, 0.29) is 10.5 Å². The summed E-state index contributed by atoms with van der Waals surface area (Å²) in [4.78, 5) is 14.2. The van der Waals surface area contributed by atoms with E-state index < -0.39 is 11.6 Å². The summed E-state index contributed by atoms with van der Waals surface area (Å²) in [6.07, 6.45) is 1.96. The molecule has 2 nitrogen and oxygen atoms in total. The van der Waals surface area contributed by atoms with Crippen LogP contribution >= 0.6 is 23.1 Å². The van der Waals surface area contributed by atoms with Gasteiger partial charge in [0.05, 0.1) is 4.90 Å². The van der Waals surface area contributed by atoms with Gasteiger partial charge in [-0.3, -0.25) is 4.79 Å². The Morgan fingerprint density at radius 3 is 2.50 bits per heavy atom. The molecule has 0 amide bonds. The molecule has 6 heteroatoms. The number of nitrogens with zero attached hydrogens (tertiary/aromatic N) is 1. The van der Waals surface area contributed by atoms with Crippen LogP contribution in [0.15, 0.2) is 32.9 Å². The Morgan fingerprint density at radius 2 is 2.00 bits per heavy atom. The van der Waals surface area contributed by atoms with Crippen molar-refractivity contribution in [2.75, 3.05) is 0 Å². The zero-order valence-corrected chi connectivity index (χ0v) is 9.45. The molecule has 0 aliphatic carbocycles. The fourth-order valence-electron chi connectivity index (χ4n) is 1.09. The van der Waals surface area contributed by atoms with Crippen LogP contribution in [-0.4, -0.2) is 11.3 Å². The molecule has 1 heterocycles. The van der Waals surface area contributed by atoms with E-state index in [4.69, 9.17) is 0 Å². The highest BCUT2D eigenvalue weighted by Gasteiger charge is 2.13. The number of thiazole rings is 1. The lowest BCUT2D eigenvalue weighted by Gasteiger charge is -2.02. The number of aromatic nitrogens is 1. The lowest BCUT2D eigenvalue weighted by atomic mass is 10.2. The Kier molecular flexibility index (Phi) is 3.31. The Labute approximate surface area is 98.3 Å². The minimum atomic E-state index is -0.748. The maximum absolute atomic E-state index is 13.4. The van der Waals surface area contributed by atoms with Crippen molar-refractivity contribution in [3.8, 4) is 0 Å². The molecule has 2 aromatic rings. The van der Waals surface area contributed by atoms with Gasteiger partial charge in [-0.15, -0.1) is 11.3 Å². The summed E-state index contributed by atoms with van der Waals surface area (Å²) in [6.45, 7) is 0. The second-order valence-corrected chi connectivity index (χ2v) is 4.98. The molecule has 0 bridgehead atoms. The molecule has 16 heavy (non-hydrogen) atoms. The van der Waals surface area contributed by atoms with Gasteiger partial charge in [0.25, 0.3) is 0 Å². The molecular formula is C10H5F2NOS2. The normalized spacial score (nSPS) is 10.4. The van der Waals surface area contributed by atoms with Gasteiger partial charge in [-0.2, -0.15) is 0 Å². The number of hydrogen-bond donors (Lipinski definition) is 0. The molecule has 0 spiro atoms. The molecule has 0 saturated carbocycles. The van der Waals surface area contributed by atoms with Crippen molar-refractivity contribution in [3.05, 3.63) is 40.9 Å². The summed E-state index contributed by atoms with van der Waals surface area (Å²) in [7, 11) is 0. The average molecular weight is 257 g/mol. The average Bonchev–Trinajstić information content (AvgIpc) is 2.75. The second-order valence-electron chi connectivity index (χ2n) is 2.83. The van der Waals surface area contributed by atoms with E-state index in [0.717, 1.165) is 23.9 Å². The van der Waals surface area contributed by atoms with E-state index in [9.17, 15) is 13.6 Å². The van der Waals surface area contributed by atoms with Gasteiger partial charge < -0.3 is 0 Å². The van der Waals surface area contributed by atoms with Crippen molar-refractivity contribution < 1.29 is 13.6 Å². The van der Waals surface area contributed by atoms with E-state index >= 15 is 0 Å². The third kappa shape index (κ3) is 2.28. The van der Waals surface area contributed by atoms with Crippen molar-refractivity contribution in [1.29, 1.82) is 0 Å². The highest BCUT2D eigenvalue weighted by molar-refractivity contribution is 8.01. The largest absolute Gasteiger partial charge is 0.298 e. The summed E-state index contributed by atoms with van der Waals surface area (Å²) in [5, 5.41) is 1.72. The molecule has 0 fully saturated rings. The van der Waals surface area contributed by atoms with E-state index in [1.807, 2.05) is 0 Å². The molecule has 0 unspecified atom stereocenters. The van der Waals surface area contributed by atoms with Crippen LogP contribution in [-0.2, 0) is 0 Å². The molecular weight excluding hydrogens is 252 g/mol. The van der Waals surface area contributed by atoms with Crippen LogP contribution < -0.4 is 0 Å². The van der Waals surface area contributed by atoms with Gasteiger partial charge >= 0.3 is 0 Å². The topological polar surface area (TPSA) is 30.0 Å². The van der Waals surface area contributed by atoms with Crippen LogP contribution in [0.1, 0.15) is 10.4 Å². The van der Waals surface area contributed by atoms with Gasteiger partial charge in [0.1, 0.15) is 17.9 Å².